The topological polar surface area (TPSA) is 55.3 Å². The van der Waals surface area contributed by atoms with Crippen LogP contribution in [0.2, 0.25) is 5.02 Å². The molecule has 0 saturated heterocycles. The molecule has 0 saturated carbocycles. The minimum atomic E-state index is -0.505. The fraction of sp³-hybridized carbons (Fsp3) is 0.188. The van der Waals surface area contributed by atoms with Gasteiger partial charge < -0.3 is 4.74 Å². The third-order valence-electron chi connectivity index (χ3n) is 3.21. The summed E-state index contributed by atoms with van der Waals surface area (Å²) in [6.45, 7) is 3.79. The lowest BCUT2D eigenvalue weighted by atomic mass is 10.3. The molecule has 1 aromatic carbocycles. The zero-order valence-electron chi connectivity index (χ0n) is 12.9. The highest BCUT2D eigenvalue weighted by molar-refractivity contribution is 7.82. The molecule has 2 heterocycles. The van der Waals surface area contributed by atoms with Crippen LogP contribution in [0.1, 0.15) is 13.8 Å². The van der Waals surface area contributed by atoms with Gasteiger partial charge in [0, 0.05) is 11.1 Å². The number of fused-ring (bicyclic) bond motifs is 1. The fourth-order valence-corrected chi connectivity index (χ4v) is 3.32. The normalized spacial score (nSPS) is 11.0. The summed E-state index contributed by atoms with van der Waals surface area (Å²) in [5.74, 6) is 0.931. The van der Waals surface area contributed by atoms with Crippen LogP contribution < -0.4 is 9.64 Å². The number of hydrogen-bond donors (Lipinski definition) is 1. The highest BCUT2D eigenvalue weighted by Crippen LogP contribution is 2.27. The Morgan fingerprint density at radius 1 is 1.21 bits per heavy atom. The molecular formula is C16H14ClN3O2S2. The van der Waals surface area contributed by atoms with Crippen molar-refractivity contribution in [3.8, 4) is 5.75 Å². The van der Waals surface area contributed by atoms with Crippen molar-refractivity contribution in [2.75, 3.05) is 4.90 Å². The van der Waals surface area contributed by atoms with Gasteiger partial charge in [-0.3, -0.25) is 4.90 Å². The van der Waals surface area contributed by atoms with Gasteiger partial charge in [-0.15, -0.1) is 12.6 Å². The number of amides is 1. The molecular weight excluding hydrogens is 366 g/mol. The number of halogens is 1. The van der Waals surface area contributed by atoms with Gasteiger partial charge in [-0.2, -0.15) is 0 Å². The maximum absolute atomic E-state index is 12.6. The predicted octanol–water partition coefficient (Wildman–Crippen LogP) is 5.05. The van der Waals surface area contributed by atoms with E-state index in [1.165, 1.54) is 16.2 Å². The van der Waals surface area contributed by atoms with Gasteiger partial charge in [0.1, 0.15) is 26.3 Å². The molecule has 5 nitrogen and oxygen atoms in total. The Morgan fingerprint density at radius 3 is 2.58 bits per heavy atom. The van der Waals surface area contributed by atoms with E-state index in [1.807, 2.05) is 19.9 Å². The zero-order valence-corrected chi connectivity index (χ0v) is 15.4. The summed E-state index contributed by atoms with van der Waals surface area (Å²) in [4.78, 5) is 23.6. The van der Waals surface area contributed by atoms with Crippen LogP contribution in [0.4, 0.5) is 10.6 Å². The Bertz CT molecular complexity index is 881. The van der Waals surface area contributed by atoms with Crippen LogP contribution in [0.25, 0.3) is 10.3 Å². The summed E-state index contributed by atoms with van der Waals surface area (Å²) in [6.07, 6.45) is -0.505. The number of anilines is 1. The van der Waals surface area contributed by atoms with Gasteiger partial charge in [0.25, 0.3) is 0 Å². The van der Waals surface area contributed by atoms with Crippen molar-refractivity contribution in [3.63, 3.8) is 0 Å². The lowest BCUT2D eigenvalue weighted by Crippen LogP contribution is -2.39. The minimum Gasteiger partial charge on any atom is -0.410 e. The van der Waals surface area contributed by atoms with Crippen molar-refractivity contribution in [3.05, 3.63) is 41.4 Å². The highest BCUT2D eigenvalue weighted by atomic mass is 35.5. The Labute approximate surface area is 153 Å². The molecule has 0 atom stereocenters. The molecule has 0 bridgehead atoms. The van der Waals surface area contributed by atoms with Gasteiger partial charge in [-0.25, -0.2) is 14.8 Å². The molecule has 1 amide bonds. The third-order valence-corrected chi connectivity index (χ3v) is 4.60. The number of ether oxygens (including phenoxy) is 1. The zero-order chi connectivity index (χ0) is 17.3. The van der Waals surface area contributed by atoms with Crippen LogP contribution in [0.5, 0.6) is 5.75 Å². The molecule has 3 aromatic rings. The van der Waals surface area contributed by atoms with Crippen molar-refractivity contribution in [2.24, 2.45) is 0 Å². The van der Waals surface area contributed by atoms with Gasteiger partial charge >= 0.3 is 6.09 Å². The van der Waals surface area contributed by atoms with Gasteiger partial charge in [0.05, 0.1) is 0 Å². The van der Waals surface area contributed by atoms with E-state index >= 15 is 0 Å². The van der Waals surface area contributed by atoms with E-state index in [9.17, 15) is 4.79 Å². The summed E-state index contributed by atoms with van der Waals surface area (Å²) in [5, 5.41) is 0.579. The smallest absolute Gasteiger partial charge is 0.410 e. The number of nitrogens with zero attached hydrogens (tertiary/aromatic N) is 3. The summed E-state index contributed by atoms with van der Waals surface area (Å²) >= 11 is 11.4. The number of thiazole rings is 1. The second kappa shape index (κ2) is 6.96. The first-order chi connectivity index (χ1) is 11.4. The quantitative estimate of drug-likeness (QED) is 0.647. The second-order valence-electron chi connectivity index (χ2n) is 5.28. The van der Waals surface area contributed by atoms with Gasteiger partial charge in [-0.05, 0) is 50.2 Å². The molecule has 2 aromatic heterocycles. The average molecular weight is 380 g/mol. The molecule has 8 heteroatoms. The third kappa shape index (κ3) is 3.63. The molecule has 3 rings (SSSR count). The minimum absolute atomic E-state index is 0.127. The number of thiol groups is 1. The van der Waals surface area contributed by atoms with E-state index < -0.39 is 6.09 Å². The second-order valence-corrected chi connectivity index (χ2v) is 7.42. The van der Waals surface area contributed by atoms with E-state index in [1.54, 1.807) is 30.3 Å². The summed E-state index contributed by atoms with van der Waals surface area (Å²) in [5.41, 5.74) is 0.753. The number of carbonyl (C=O) groups is 1. The van der Waals surface area contributed by atoms with Gasteiger partial charge in [0.2, 0.25) is 0 Å². The van der Waals surface area contributed by atoms with Crippen LogP contribution >= 0.6 is 35.6 Å². The SMILES string of the molecule is CC(C)N(C(=O)Oc1ccc(Cl)cc1)c1ccc2nc(S)sc2n1. The summed E-state index contributed by atoms with van der Waals surface area (Å²) in [6, 6.07) is 10.1. The lowest BCUT2D eigenvalue weighted by Gasteiger charge is -2.24. The molecule has 0 radical (unpaired) electrons. The predicted molar refractivity (Wildman–Crippen MR) is 99.8 cm³/mol. The van der Waals surface area contributed by atoms with Crippen LogP contribution in [0.15, 0.2) is 40.7 Å². The number of benzene rings is 1. The van der Waals surface area contributed by atoms with Crippen molar-refractivity contribution in [1.29, 1.82) is 0 Å². The Kier molecular flexibility index (Phi) is 4.93. The van der Waals surface area contributed by atoms with Crippen LogP contribution in [-0.2, 0) is 0 Å². The lowest BCUT2D eigenvalue weighted by molar-refractivity contribution is 0.205. The molecule has 124 valence electrons. The number of hydrogen-bond acceptors (Lipinski definition) is 6. The van der Waals surface area contributed by atoms with Crippen molar-refractivity contribution < 1.29 is 9.53 Å². The largest absolute Gasteiger partial charge is 0.421 e. The molecule has 24 heavy (non-hydrogen) atoms. The van der Waals surface area contributed by atoms with E-state index in [-0.39, 0.29) is 6.04 Å². The number of aromatic nitrogens is 2. The van der Waals surface area contributed by atoms with Crippen molar-refractivity contribution in [2.45, 2.75) is 24.2 Å². The molecule has 0 fully saturated rings. The summed E-state index contributed by atoms with van der Waals surface area (Å²) in [7, 11) is 0. The first kappa shape index (κ1) is 17.0. The van der Waals surface area contributed by atoms with Crippen LogP contribution in [0, 0.1) is 0 Å². The fourth-order valence-electron chi connectivity index (χ4n) is 2.15. The molecule has 0 spiro atoms. The molecule has 0 aliphatic carbocycles. The van der Waals surface area contributed by atoms with E-state index in [0.717, 1.165) is 10.3 Å². The Morgan fingerprint density at radius 2 is 1.92 bits per heavy atom. The summed E-state index contributed by atoms with van der Waals surface area (Å²) < 4.78 is 6.06. The van der Waals surface area contributed by atoms with Crippen LogP contribution in [0.3, 0.4) is 0 Å². The Hall–Kier alpha value is -1.83. The molecule has 0 unspecified atom stereocenters. The van der Waals surface area contributed by atoms with E-state index in [4.69, 9.17) is 16.3 Å². The monoisotopic (exact) mass is 379 g/mol. The first-order valence-electron chi connectivity index (χ1n) is 7.17. The average Bonchev–Trinajstić information content (AvgIpc) is 2.89. The molecule has 0 aliphatic heterocycles. The molecule has 0 aliphatic rings. The highest BCUT2D eigenvalue weighted by Gasteiger charge is 2.23. The van der Waals surface area contributed by atoms with Crippen molar-refractivity contribution in [1.82, 2.24) is 9.97 Å². The van der Waals surface area contributed by atoms with E-state index in [2.05, 4.69) is 22.6 Å². The maximum atomic E-state index is 12.6. The Balaban J connectivity index is 1.89. The first-order valence-corrected chi connectivity index (χ1v) is 8.81. The number of carbonyl (C=O) groups excluding carboxylic acids is 1. The number of pyridine rings is 1. The standard InChI is InChI=1S/C16H14ClN3O2S2/c1-9(2)20(16(21)22-11-5-3-10(17)4-6-11)13-8-7-12-14(19-13)24-15(23)18-12/h3-9H,1-2H3,(H,18,23). The maximum Gasteiger partial charge on any atom is 0.421 e. The molecule has 0 N–H and O–H groups in total. The van der Waals surface area contributed by atoms with Gasteiger partial charge in [-0.1, -0.05) is 22.9 Å². The van der Waals surface area contributed by atoms with Gasteiger partial charge in [0.15, 0.2) is 0 Å². The van der Waals surface area contributed by atoms with Crippen LogP contribution in [-0.4, -0.2) is 22.1 Å². The van der Waals surface area contributed by atoms with Crippen molar-refractivity contribution >= 4 is 57.8 Å². The van der Waals surface area contributed by atoms with E-state index in [0.29, 0.717) is 20.9 Å². The number of rotatable bonds is 3.